The Bertz CT molecular complexity index is 743. The normalized spacial score (nSPS) is 16.0. The van der Waals surface area contributed by atoms with Crippen molar-refractivity contribution in [3.63, 3.8) is 0 Å². The molecule has 11 heteroatoms. The van der Waals surface area contributed by atoms with Crippen LogP contribution in [0.5, 0.6) is 5.75 Å². The Balaban J connectivity index is 2.24. The summed E-state index contributed by atoms with van der Waals surface area (Å²) >= 11 is 0. The molecule has 132 valence electrons. The molecule has 2 N–H and O–H groups in total. The van der Waals surface area contributed by atoms with Crippen molar-refractivity contribution in [2.75, 3.05) is 39.8 Å². The van der Waals surface area contributed by atoms with Crippen LogP contribution in [-0.2, 0) is 14.8 Å². The maximum atomic E-state index is 12.6. The highest BCUT2D eigenvalue weighted by atomic mass is 32.2. The van der Waals surface area contributed by atoms with E-state index in [2.05, 4.69) is 0 Å². The van der Waals surface area contributed by atoms with Gasteiger partial charge in [-0.1, -0.05) is 0 Å². The molecule has 1 aliphatic rings. The van der Waals surface area contributed by atoms with Crippen molar-refractivity contribution in [2.24, 2.45) is 5.73 Å². The third kappa shape index (κ3) is 3.47. The SMILES string of the molecule is COc1ccc(S(=O)(=O)N2CCN(C(=O)CN)CC2)cc1[N+](=O)[O-]. The first-order valence-corrected chi connectivity index (χ1v) is 8.55. The first-order valence-electron chi connectivity index (χ1n) is 7.11. The smallest absolute Gasteiger partial charge is 0.312 e. The minimum atomic E-state index is -3.89. The molecule has 1 aromatic carbocycles. The number of methoxy groups -OCH3 is 1. The standard InChI is InChI=1S/C13H18N4O6S/c1-23-12-3-2-10(8-11(12)17(19)20)24(21,22)16-6-4-15(5-7-16)13(18)9-14/h2-3,8H,4-7,9,14H2,1H3. The summed E-state index contributed by atoms with van der Waals surface area (Å²) in [7, 11) is -2.63. The molecule has 0 saturated carbocycles. The van der Waals surface area contributed by atoms with Crippen LogP contribution in [0.1, 0.15) is 0 Å². The molecule has 1 amide bonds. The second-order valence-corrected chi connectivity index (χ2v) is 7.02. The quantitative estimate of drug-likeness (QED) is 0.548. The van der Waals surface area contributed by atoms with E-state index in [-0.39, 0.29) is 49.3 Å². The van der Waals surface area contributed by atoms with Crippen molar-refractivity contribution in [1.82, 2.24) is 9.21 Å². The lowest BCUT2D eigenvalue weighted by Gasteiger charge is -2.33. The molecule has 1 fully saturated rings. The van der Waals surface area contributed by atoms with Gasteiger partial charge in [-0.15, -0.1) is 0 Å². The van der Waals surface area contributed by atoms with Crippen molar-refractivity contribution < 1.29 is 22.9 Å². The molecule has 0 aliphatic carbocycles. The van der Waals surface area contributed by atoms with E-state index in [1.54, 1.807) is 0 Å². The van der Waals surface area contributed by atoms with Gasteiger partial charge in [0.15, 0.2) is 5.75 Å². The number of nitrogens with zero attached hydrogens (tertiary/aromatic N) is 3. The molecule has 2 rings (SSSR count). The topological polar surface area (TPSA) is 136 Å². The maximum absolute atomic E-state index is 12.6. The average molecular weight is 358 g/mol. The summed E-state index contributed by atoms with van der Waals surface area (Å²) in [5.74, 6) is -0.260. The van der Waals surface area contributed by atoms with Crippen LogP contribution in [0.4, 0.5) is 5.69 Å². The van der Waals surface area contributed by atoms with Gasteiger partial charge in [0.2, 0.25) is 15.9 Å². The van der Waals surface area contributed by atoms with Gasteiger partial charge >= 0.3 is 5.69 Å². The van der Waals surface area contributed by atoms with Gasteiger partial charge in [0.1, 0.15) is 0 Å². The fourth-order valence-corrected chi connectivity index (χ4v) is 3.87. The van der Waals surface area contributed by atoms with Crippen LogP contribution in [-0.4, -0.2) is 68.3 Å². The fraction of sp³-hybridized carbons (Fsp3) is 0.462. The van der Waals surface area contributed by atoms with Crippen LogP contribution < -0.4 is 10.5 Å². The fourth-order valence-electron chi connectivity index (χ4n) is 2.43. The van der Waals surface area contributed by atoms with Crippen LogP contribution in [0.25, 0.3) is 0 Å². The number of rotatable bonds is 5. The number of hydrogen-bond donors (Lipinski definition) is 1. The predicted octanol–water partition coefficient (Wildman–Crippen LogP) is -0.605. The molecule has 0 atom stereocenters. The van der Waals surface area contributed by atoms with Gasteiger partial charge < -0.3 is 15.4 Å². The molecule has 1 saturated heterocycles. The van der Waals surface area contributed by atoms with Gasteiger partial charge in [0.25, 0.3) is 0 Å². The van der Waals surface area contributed by atoms with Crippen LogP contribution in [0.3, 0.4) is 0 Å². The van der Waals surface area contributed by atoms with Crippen molar-refractivity contribution in [2.45, 2.75) is 4.90 Å². The number of hydrogen-bond acceptors (Lipinski definition) is 7. The summed E-state index contributed by atoms with van der Waals surface area (Å²) < 4.78 is 31.3. The highest BCUT2D eigenvalue weighted by Crippen LogP contribution is 2.30. The van der Waals surface area contributed by atoms with E-state index in [4.69, 9.17) is 10.5 Å². The molecule has 1 aliphatic heterocycles. The maximum Gasteiger partial charge on any atom is 0.312 e. The summed E-state index contributed by atoms with van der Waals surface area (Å²) in [4.78, 5) is 23.2. The van der Waals surface area contributed by atoms with Crippen molar-refractivity contribution >= 4 is 21.6 Å². The molecule has 1 heterocycles. The van der Waals surface area contributed by atoms with Gasteiger partial charge in [-0.3, -0.25) is 14.9 Å². The number of nitro benzene ring substituents is 1. The molecule has 0 bridgehead atoms. The molecule has 1 aromatic rings. The zero-order valence-corrected chi connectivity index (χ0v) is 13.9. The number of sulfonamides is 1. The number of amides is 1. The Morgan fingerprint density at radius 1 is 1.33 bits per heavy atom. The molecule has 0 unspecified atom stereocenters. The second-order valence-electron chi connectivity index (χ2n) is 5.08. The number of piperazine rings is 1. The molecule has 0 aromatic heterocycles. The summed E-state index contributed by atoms with van der Waals surface area (Å²) in [6.07, 6.45) is 0. The Hall–Kier alpha value is -2.24. The first-order chi connectivity index (χ1) is 11.3. The van der Waals surface area contributed by atoms with E-state index < -0.39 is 20.6 Å². The lowest BCUT2D eigenvalue weighted by Crippen LogP contribution is -2.51. The third-order valence-corrected chi connectivity index (χ3v) is 5.65. The largest absolute Gasteiger partial charge is 0.490 e. The highest BCUT2D eigenvalue weighted by Gasteiger charge is 2.31. The Morgan fingerprint density at radius 2 is 1.96 bits per heavy atom. The summed E-state index contributed by atoms with van der Waals surface area (Å²) in [5.41, 5.74) is 4.87. The number of nitrogens with two attached hydrogens (primary N) is 1. The van der Waals surface area contributed by atoms with E-state index in [1.807, 2.05) is 0 Å². The van der Waals surface area contributed by atoms with Crippen molar-refractivity contribution in [3.8, 4) is 5.75 Å². The summed E-state index contributed by atoms with van der Waals surface area (Å²) in [6.45, 7) is 0.542. The number of carbonyl (C=O) groups excluding carboxylic acids is 1. The molecular weight excluding hydrogens is 340 g/mol. The Kier molecular flexibility index (Phi) is 5.36. The second kappa shape index (κ2) is 7.11. The van der Waals surface area contributed by atoms with Crippen LogP contribution >= 0.6 is 0 Å². The van der Waals surface area contributed by atoms with Crippen molar-refractivity contribution in [1.29, 1.82) is 0 Å². The number of carbonyl (C=O) groups is 1. The first kappa shape index (κ1) is 18.1. The Labute approximate surface area is 139 Å². The van der Waals surface area contributed by atoms with E-state index in [0.29, 0.717) is 0 Å². The monoisotopic (exact) mass is 358 g/mol. The van der Waals surface area contributed by atoms with E-state index >= 15 is 0 Å². The minimum Gasteiger partial charge on any atom is -0.490 e. The minimum absolute atomic E-state index is 0.0164. The van der Waals surface area contributed by atoms with Gasteiger partial charge in [-0.2, -0.15) is 4.31 Å². The van der Waals surface area contributed by atoms with Gasteiger partial charge in [0, 0.05) is 32.2 Å². The number of nitro groups is 1. The molecule has 10 nitrogen and oxygen atoms in total. The Morgan fingerprint density at radius 3 is 2.46 bits per heavy atom. The van der Waals surface area contributed by atoms with E-state index in [1.165, 1.54) is 28.4 Å². The lowest BCUT2D eigenvalue weighted by atomic mass is 10.3. The number of ether oxygens (including phenoxy) is 1. The lowest BCUT2D eigenvalue weighted by molar-refractivity contribution is -0.386. The van der Waals surface area contributed by atoms with E-state index in [9.17, 15) is 23.3 Å². The average Bonchev–Trinajstić information content (AvgIpc) is 2.60. The van der Waals surface area contributed by atoms with Crippen LogP contribution in [0.2, 0.25) is 0 Å². The molecular formula is C13H18N4O6S. The molecule has 0 spiro atoms. The van der Waals surface area contributed by atoms with Crippen LogP contribution in [0, 0.1) is 10.1 Å². The van der Waals surface area contributed by atoms with Gasteiger partial charge in [-0.05, 0) is 12.1 Å². The predicted molar refractivity (Wildman–Crippen MR) is 84.0 cm³/mol. The highest BCUT2D eigenvalue weighted by molar-refractivity contribution is 7.89. The number of benzene rings is 1. The van der Waals surface area contributed by atoms with Crippen molar-refractivity contribution in [3.05, 3.63) is 28.3 Å². The van der Waals surface area contributed by atoms with Crippen LogP contribution in [0.15, 0.2) is 23.1 Å². The zero-order chi connectivity index (χ0) is 17.9. The summed E-state index contributed by atoms with van der Waals surface area (Å²) in [6, 6.07) is 3.49. The van der Waals surface area contributed by atoms with E-state index in [0.717, 1.165) is 6.07 Å². The third-order valence-electron chi connectivity index (χ3n) is 3.75. The van der Waals surface area contributed by atoms with Gasteiger partial charge in [-0.25, -0.2) is 8.42 Å². The molecule has 24 heavy (non-hydrogen) atoms. The molecule has 0 radical (unpaired) electrons. The zero-order valence-electron chi connectivity index (χ0n) is 13.0. The summed E-state index contributed by atoms with van der Waals surface area (Å²) in [5, 5.41) is 11.0. The van der Waals surface area contributed by atoms with Gasteiger partial charge in [0.05, 0.1) is 23.5 Å².